The van der Waals surface area contributed by atoms with Gasteiger partial charge < -0.3 is 75.3 Å². The Kier molecular flexibility index (Phi) is 35.7. The van der Waals surface area contributed by atoms with Crippen LogP contribution in [0.1, 0.15) is 163 Å². The van der Waals surface area contributed by atoms with Gasteiger partial charge in [0.1, 0.15) is 79.5 Å². The van der Waals surface area contributed by atoms with Crippen LogP contribution in [0.25, 0.3) is 0 Å². The van der Waals surface area contributed by atoms with Gasteiger partial charge in [-0.05, 0) is 101 Å². The van der Waals surface area contributed by atoms with Crippen molar-refractivity contribution in [2.24, 2.45) is 41.4 Å². The monoisotopic (exact) mass is 1420 g/mol. The van der Waals surface area contributed by atoms with Crippen molar-refractivity contribution in [3.05, 3.63) is 17.4 Å². The van der Waals surface area contributed by atoms with Crippen LogP contribution in [-0.4, -0.2) is 284 Å². The summed E-state index contributed by atoms with van der Waals surface area (Å²) in [5, 5.41) is 36.7. The quantitative estimate of drug-likeness (QED) is 0.0627. The van der Waals surface area contributed by atoms with Crippen LogP contribution >= 0.6 is 0 Å². The first-order valence-corrected chi connectivity index (χ1v) is 37.3. The normalized spacial score (nSPS) is 27.2. The standard InChI is InChI=1S/C70H126N12O16S/c1-25-27-29-47(15)59(83)58-63(87)73-50(26-2)65(89)79(22)55(40-99(96,97)35-28-30-82(95)31-33-98-34-32-82)68(92)75(18)52(37-42(5)6)62(86)74-56(45(11)12)69(93)76(19)51(36-41(3)4)61(85)71-48(16)60(84)72-49(17)64(88)77(20)53(38-43(7)8)66(90)78(21)54(39-44(9)10)67(91)80(23)57(46(13)14)70(94)81(58)24/h25,27,41-59,83H,26,28-40H2,1-24H3,(H,71,85)(H,72,84)(H,73,87)(H,74,86)/t47-,48-,49+,50-,51-,52+,53-,54-,55-,56-,57-,58-,59-/m1/s1. The number of rotatable bonds is 21. The highest BCUT2D eigenvalue weighted by Gasteiger charge is 2.47. The van der Waals surface area contributed by atoms with Crippen molar-refractivity contribution in [1.82, 2.24) is 55.6 Å². The van der Waals surface area contributed by atoms with Gasteiger partial charge in [0.05, 0.1) is 37.4 Å². The second kappa shape index (κ2) is 39.8. The molecule has 0 aromatic heterocycles. The van der Waals surface area contributed by atoms with Crippen LogP contribution in [0.3, 0.4) is 0 Å². The van der Waals surface area contributed by atoms with Gasteiger partial charge in [-0.2, -0.15) is 0 Å². The van der Waals surface area contributed by atoms with Crippen LogP contribution in [0.15, 0.2) is 12.2 Å². The smallest absolute Gasteiger partial charge is 0.246 e. The topological polar surface area (TPSA) is 345 Å². The number of likely N-dealkylation sites (N-methyl/N-ethyl adjacent to an activating group) is 7. The molecule has 2 heterocycles. The Hall–Kier alpha value is -6.30. The number of allylic oxidation sites excluding steroid dienone is 2. The van der Waals surface area contributed by atoms with Crippen molar-refractivity contribution in [3.8, 4) is 0 Å². The molecule has 99 heavy (non-hydrogen) atoms. The molecule has 0 saturated carbocycles. The van der Waals surface area contributed by atoms with Gasteiger partial charge in [0.25, 0.3) is 0 Å². The highest BCUT2D eigenvalue weighted by Crippen LogP contribution is 2.27. The van der Waals surface area contributed by atoms with Crippen LogP contribution in [0.4, 0.5) is 0 Å². The van der Waals surface area contributed by atoms with Gasteiger partial charge in [0.15, 0.2) is 9.84 Å². The number of carbonyl (C=O) groups excluding carboxylic acids is 11. The summed E-state index contributed by atoms with van der Waals surface area (Å²) >= 11 is 0. The van der Waals surface area contributed by atoms with E-state index in [1.165, 1.54) is 82.8 Å². The third-order valence-electron chi connectivity index (χ3n) is 19.1. The number of hydrogen-bond acceptors (Lipinski definition) is 16. The van der Waals surface area contributed by atoms with E-state index in [0.29, 0.717) is 0 Å². The number of quaternary nitrogens is 1. The molecular weight excluding hydrogens is 1300 g/mol. The molecule has 2 fully saturated rings. The second-order valence-corrected chi connectivity index (χ2v) is 32.3. The van der Waals surface area contributed by atoms with Crippen molar-refractivity contribution in [2.45, 2.75) is 235 Å². The Morgan fingerprint density at radius 1 is 0.515 bits per heavy atom. The van der Waals surface area contributed by atoms with Crippen LogP contribution < -0.4 is 21.3 Å². The zero-order chi connectivity index (χ0) is 76.2. The highest BCUT2D eigenvalue weighted by atomic mass is 32.2. The van der Waals surface area contributed by atoms with E-state index < -0.39 is 181 Å². The number of amides is 11. The zero-order valence-electron chi connectivity index (χ0n) is 64.1. The molecule has 0 unspecified atom stereocenters. The average molecular weight is 1420 g/mol. The molecule has 568 valence electrons. The van der Waals surface area contributed by atoms with Crippen LogP contribution in [0.2, 0.25) is 0 Å². The Morgan fingerprint density at radius 3 is 1.39 bits per heavy atom. The molecule has 0 bridgehead atoms. The summed E-state index contributed by atoms with van der Waals surface area (Å²) in [7, 11) is 5.01. The van der Waals surface area contributed by atoms with Gasteiger partial charge >= 0.3 is 0 Å². The molecule has 29 heteroatoms. The molecule has 2 rings (SSSR count). The average Bonchev–Trinajstić information content (AvgIpc) is 0.806. The number of hydrogen-bond donors (Lipinski definition) is 5. The maximum atomic E-state index is 15.5. The van der Waals surface area contributed by atoms with Crippen molar-refractivity contribution in [3.63, 3.8) is 0 Å². The number of nitrogens with zero attached hydrogens (tertiary/aromatic N) is 8. The molecule has 11 amide bonds. The molecule has 13 atom stereocenters. The minimum Gasteiger partial charge on any atom is -0.633 e. The van der Waals surface area contributed by atoms with Crippen molar-refractivity contribution in [1.29, 1.82) is 0 Å². The van der Waals surface area contributed by atoms with Crippen molar-refractivity contribution < 1.29 is 75.6 Å². The lowest BCUT2D eigenvalue weighted by atomic mass is 9.91. The van der Waals surface area contributed by atoms with E-state index in [1.807, 2.05) is 41.5 Å². The maximum Gasteiger partial charge on any atom is 0.246 e. The van der Waals surface area contributed by atoms with Gasteiger partial charge in [-0.25, -0.2) is 8.42 Å². The summed E-state index contributed by atoms with van der Waals surface area (Å²) in [5.74, 6) is -13.4. The predicted octanol–water partition coefficient (Wildman–Crippen LogP) is 2.79. The van der Waals surface area contributed by atoms with E-state index in [9.17, 15) is 37.9 Å². The van der Waals surface area contributed by atoms with E-state index in [0.717, 1.165) is 14.7 Å². The van der Waals surface area contributed by atoms with Gasteiger partial charge in [0.2, 0.25) is 65.0 Å². The molecule has 2 aliphatic heterocycles. The summed E-state index contributed by atoms with van der Waals surface area (Å²) in [6.07, 6.45) is 2.07. The molecule has 0 aliphatic carbocycles. The first-order valence-electron chi connectivity index (χ1n) is 35.5. The van der Waals surface area contributed by atoms with Crippen LogP contribution in [-0.2, 0) is 67.3 Å². The molecule has 2 saturated heterocycles. The number of ether oxygens (including phenoxy) is 1. The number of nitrogens with one attached hydrogen (secondary N) is 4. The Balaban J connectivity index is 3.16. The largest absolute Gasteiger partial charge is 0.633 e. The highest BCUT2D eigenvalue weighted by molar-refractivity contribution is 7.91. The number of aliphatic hydroxyl groups excluding tert-OH is 1. The van der Waals surface area contributed by atoms with E-state index in [2.05, 4.69) is 21.3 Å². The molecular formula is C70H126N12O16S. The SMILES string of the molecule is CC=CC[C@@H](C)[C@@H](O)[C@@H]1C(=O)N[C@H](CC)C(=O)N(C)[C@H](CS(=O)(=O)CCC[N+]2([O-])CCOCC2)C(=O)N(C)[C@@H](CC(C)C)C(=O)N[C@H](C(C)C)C(=O)N(C)[C@H](CC(C)C)C(=O)N[C@H](C)C(=O)N[C@@H](C)C(=O)N(C)[C@H](CC(C)C)C(=O)N(C)[C@H](CC(C)C)C(=O)N(C)[C@H](C(C)C)C(=O)N1C. The van der Waals surface area contributed by atoms with E-state index in [-0.39, 0.29) is 101 Å². The van der Waals surface area contributed by atoms with Crippen LogP contribution in [0, 0.1) is 46.6 Å². The first-order chi connectivity index (χ1) is 45.7. The molecule has 5 N–H and O–H groups in total. The molecule has 0 aromatic carbocycles. The lowest BCUT2D eigenvalue weighted by molar-refractivity contribution is -0.888. The molecule has 0 radical (unpaired) electrons. The van der Waals surface area contributed by atoms with Crippen molar-refractivity contribution >= 4 is 74.8 Å². The lowest BCUT2D eigenvalue weighted by Crippen LogP contribution is -2.64. The summed E-state index contributed by atoms with van der Waals surface area (Å²) in [4.78, 5) is 172. The van der Waals surface area contributed by atoms with Gasteiger partial charge in [0, 0.05) is 55.8 Å². The van der Waals surface area contributed by atoms with Gasteiger partial charge in [-0.3, -0.25) is 52.7 Å². The first kappa shape index (κ1) is 88.8. The summed E-state index contributed by atoms with van der Waals surface area (Å²) in [5.41, 5.74) is 0. The lowest BCUT2D eigenvalue weighted by Gasteiger charge is -2.45. The summed E-state index contributed by atoms with van der Waals surface area (Å²) in [6.45, 7) is 29.6. The Morgan fingerprint density at radius 2 is 0.929 bits per heavy atom. The van der Waals surface area contributed by atoms with E-state index in [4.69, 9.17) is 4.74 Å². The van der Waals surface area contributed by atoms with Crippen molar-refractivity contribution in [2.75, 3.05) is 93.7 Å². The minimum atomic E-state index is -4.37. The van der Waals surface area contributed by atoms with Gasteiger partial charge in [-0.15, -0.1) is 0 Å². The third kappa shape index (κ3) is 25.3. The van der Waals surface area contributed by atoms with E-state index >= 15 is 33.6 Å². The minimum absolute atomic E-state index is 0.0456. The fourth-order valence-corrected chi connectivity index (χ4v) is 14.4. The fourth-order valence-electron chi connectivity index (χ4n) is 12.8. The predicted molar refractivity (Wildman–Crippen MR) is 380 cm³/mol. The number of sulfone groups is 1. The molecule has 0 spiro atoms. The third-order valence-corrected chi connectivity index (χ3v) is 20.8. The number of hydroxylamine groups is 3. The number of carbonyl (C=O) groups is 11. The molecule has 28 nitrogen and oxygen atoms in total. The van der Waals surface area contributed by atoms with E-state index in [1.54, 1.807) is 74.5 Å². The maximum absolute atomic E-state index is 15.5. The number of morpholine rings is 1. The summed E-state index contributed by atoms with van der Waals surface area (Å²) in [6, 6.07) is -15.5. The summed E-state index contributed by atoms with van der Waals surface area (Å²) < 4.78 is 33.6. The zero-order valence-corrected chi connectivity index (χ0v) is 64.9. The fraction of sp³-hybridized carbons (Fsp3) is 0.814. The van der Waals surface area contributed by atoms with Crippen LogP contribution in [0.5, 0.6) is 0 Å². The molecule has 2 aliphatic rings. The Bertz CT molecular complexity index is 2880. The Labute approximate surface area is 591 Å². The second-order valence-electron chi connectivity index (χ2n) is 30.1. The van der Waals surface area contributed by atoms with Gasteiger partial charge in [-0.1, -0.05) is 109 Å². The number of aliphatic hydroxyl groups is 1. The molecule has 0 aromatic rings.